The first-order valence-corrected chi connectivity index (χ1v) is 11.1. The van der Waals surface area contributed by atoms with E-state index in [0.29, 0.717) is 12.8 Å². The van der Waals surface area contributed by atoms with Gasteiger partial charge in [0, 0.05) is 17.8 Å². The Balaban J connectivity index is 1.73. The molecule has 0 bridgehead atoms. The molecule has 5 nitrogen and oxygen atoms in total. The van der Waals surface area contributed by atoms with E-state index in [1.807, 2.05) is 19.9 Å². The average Bonchev–Trinajstić information content (AvgIpc) is 2.94. The molecule has 0 saturated heterocycles. The van der Waals surface area contributed by atoms with Crippen molar-refractivity contribution >= 4 is 17.5 Å². The highest BCUT2D eigenvalue weighted by atomic mass is 16.5. The fourth-order valence-electron chi connectivity index (χ4n) is 6.98. The largest absolute Gasteiger partial charge is 0.458 e. The Morgan fingerprint density at radius 1 is 1.30 bits per heavy atom. The lowest BCUT2D eigenvalue weighted by Gasteiger charge is -2.53. The lowest BCUT2D eigenvalue weighted by molar-refractivity contribution is -0.168. The monoisotopic (exact) mass is 412 g/mol. The van der Waals surface area contributed by atoms with Gasteiger partial charge in [0.2, 0.25) is 5.78 Å². The summed E-state index contributed by atoms with van der Waals surface area (Å²) in [5, 5.41) is 11.9. The number of esters is 1. The number of aliphatic hydroxyl groups is 1. The van der Waals surface area contributed by atoms with E-state index < -0.39 is 17.0 Å². The summed E-state index contributed by atoms with van der Waals surface area (Å²) >= 11 is 0. The van der Waals surface area contributed by atoms with Crippen LogP contribution in [0.15, 0.2) is 35.5 Å². The van der Waals surface area contributed by atoms with Gasteiger partial charge in [-0.2, -0.15) is 0 Å². The molecule has 4 aliphatic rings. The Labute approximate surface area is 178 Å². The van der Waals surface area contributed by atoms with Crippen LogP contribution >= 0.6 is 0 Å². The van der Waals surface area contributed by atoms with Gasteiger partial charge in [0.1, 0.15) is 5.60 Å². The molecule has 0 aromatic heterocycles. The van der Waals surface area contributed by atoms with Crippen molar-refractivity contribution in [1.29, 1.82) is 0 Å². The fraction of sp³-hybridized carbons (Fsp3) is 0.640. The number of hydrogen-bond donors (Lipinski definition) is 1. The van der Waals surface area contributed by atoms with Crippen molar-refractivity contribution in [3.63, 3.8) is 0 Å². The first-order chi connectivity index (χ1) is 14.1. The van der Waals surface area contributed by atoms with Gasteiger partial charge in [-0.1, -0.05) is 43.6 Å². The summed E-state index contributed by atoms with van der Waals surface area (Å²) in [5.74, 6) is -0.539. The molecular formula is C25H32O5. The van der Waals surface area contributed by atoms with Crippen molar-refractivity contribution in [1.82, 2.24) is 0 Å². The molecule has 0 spiro atoms. The molecule has 1 N–H and O–H groups in total. The molecule has 0 unspecified atom stereocenters. The van der Waals surface area contributed by atoms with E-state index in [4.69, 9.17) is 4.74 Å². The minimum absolute atomic E-state index is 0.0551. The summed E-state index contributed by atoms with van der Waals surface area (Å²) in [5.41, 5.74) is 0.164. The highest BCUT2D eigenvalue weighted by molar-refractivity contribution is 6.01. The van der Waals surface area contributed by atoms with Crippen LogP contribution in [0.2, 0.25) is 0 Å². The van der Waals surface area contributed by atoms with Crippen molar-refractivity contribution in [2.24, 2.45) is 28.6 Å². The summed E-state index contributed by atoms with van der Waals surface area (Å²) in [6.07, 6.45) is 11.6. The molecule has 2 saturated carbocycles. The first kappa shape index (κ1) is 21.2. The molecule has 0 aromatic carbocycles. The van der Waals surface area contributed by atoms with Gasteiger partial charge in [-0.15, -0.1) is 0 Å². The minimum atomic E-state index is -1.50. The van der Waals surface area contributed by atoms with Crippen molar-refractivity contribution in [3.05, 3.63) is 35.5 Å². The van der Waals surface area contributed by atoms with Crippen LogP contribution in [0, 0.1) is 28.6 Å². The highest BCUT2D eigenvalue weighted by Crippen LogP contribution is 2.66. The number of carbonyl (C=O) groups excluding carboxylic acids is 3. The molecule has 6 atom stereocenters. The van der Waals surface area contributed by atoms with Gasteiger partial charge in [0.05, 0.1) is 0 Å². The standard InChI is InChI=1S/C25H32O5/c1-5-16-13-21-19-7-6-17-12-18(27)8-10-23(17,3)20(19)9-11-24(21,4)25(16,29)22(28)14-30-15(2)26/h8-10,12,16,19,21,29H,5-7,11,13-14H2,1-4H3/t16-,19+,21-,23-,24-,25-/m0/s1. The Morgan fingerprint density at radius 3 is 2.70 bits per heavy atom. The summed E-state index contributed by atoms with van der Waals surface area (Å²) < 4.78 is 4.99. The molecule has 0 aromatic rings. The number of ketones is 2. The number of allylic oxidation sites excluding steroid dienone is 6. The van der Waals surface area contributed by atoms with Gasteiger partial charge in [0.15, 0.2) is 12.4 Å². The van der Waals surface area contributed by atoms with Crippen LogP contribution in [0.1, 0.15) is 59.8 Å². The van der Waals surface area contributed by atoms with E-state index in [9.17, 15) is 19.5 Å². The van der Waals surface area contributed by atoms with Gasteiger partial charge >= 0.3 is 5.97 Å². The van der Waals surface area contributed by atoms with E-state index in [2.05, 4.69) is 13.0 Å². The third-order valence-electron chi connectivity index (χ3n) is 8.66. The van der Waals surface area contributed by atoms with Crippen molar-refractivity contribution < 1.29 is 24.2 Å². The van der Waals surface area contributed by atoms with Crippen LogP contribution in [0.25, 0.3) is 0 Å². The summed E-state index contributed by atoms with van der Waals surface area (Å²) in [7, 11) is 0. The molecule has 4 aliphatic carbocycles. The molecule has 30 heavy (non-hydrogen) atoms. The highest BCUT2D eigenvalue weighted by Gasteiger charge is 2.67. The Bertz CT molecular complexity index is 895. The third kappa shape index (κ3) is 2.74. The second kappa shape index (κ2) is 7.01. The minimum Gasteiger partial charge on any atom is -0.458 e. The molecule has 0 amide bonds. The van der Waals surface area contributed by atoms with Crippen LogP contribution in [0.4, 0.5) is 0 Å². The summed E-state index contributed by atoms with van der Waals surface area (Å²) in [6, 6.07) is 0. The zero-order valence-electron chi connectivity index (χ0n) is 18.4. The van der Waals surface area contributed by atoms with Gasteiger partial charge < -0.3 is 9.84 Å². The maximum atomic E-state index is 13.2. The SMILES string of the molecule is CC[C@H]1C[C@H]2[C@@H]3CCC4=CC(=O)C=C[C@]4(C)C3=CC[C@]2(C)[C@@]1(O)C(=O)COC(C)=O. The smallest absolute Gasteiger partial charge is 0.303 e. The quantitative estimate of drug-likeness (QED) is 0.562. The zero-order valence-corrected chi connectivity index (χ0v) is 18.4. The molecular weight excluding hydrogens is 380 g/mol. The number of rotatable bonds is 4. The third-order valence-corrected chi connectivity index (χ3v) is 8.66. The van der Waals surface area contributed by atoms with Crippen LogP contribution in [0.3, 0.4) is 0 Å². The van der Waals surface area contributed by atoms with Crippen LogP contribution in [0.5, 0.6) is 0 Å². The Morgan fingerprint density at radius 2 is 2.03 bits per heavy atom. The van der Waals surface area contributed by atoms with Crippen molar-refractivity contribution in [2.75, 3.05) is 6.61 Å². The van der Waals surface area contributed by atoms with Crippen LogP contribution < -0.4 is 0 Å². The normalized spacial score (nSPS) is 41.9. The second-order valence-electron chi connectivity index (χ2n) is 9.95. The molecule has 4 rings (SSSR count). The van der Waals surface area contributed by atoms with Gasteiger partial charge in [-0.3, -0.25) is 14.4 Å². The van der Waals surface area contributed by atoms with Crippen molar-refractivity contribution in [3.8, 4) is 0 Å². The van der Waals surface area contributed by atoms with Crippen LogP contribution in [-0.2, 0) is 19.1 Å². The lowest BCUT2D eigenvalue weighted by Crippen LogP contribution is -2.58. The van der Waals surface area contributed by atoms with E-state index >= 15 is 0 Å². The molecule has 0 aliphatic heterocycles. The number of hydrogen-bond acceptors (Lipinski definition) is 5. The number of ether oxygens (including phenoxy) is 1. The van der Waals surface area contributed by atoms with E-state index in [0.717, 1.165) is 19.3 Å². The molecule has 0 heterocycles. The Hall–Kier alpha value is -2.01. The molecule has 162 valence electrons. The maximum absolute atomic E-state index is 13.2. The van der Waals surface area contributed by atoms with Gasteiger partial charge in [0.25, 0.3) is 0 Å². The molecule has 2 fully saturated rings. The molecule has 0 radical (unpaired) electrons. The zero-order chi connectivity index (χ0) is 21.9. The Kier molecular flexibility index (Phi) is 4.96. The van der Waals surface area contributed by atoms with Gasteiger partial charge in [-0.25, -0.2) is 0 Å². The first-order valence-electron chi connectivity index (χ1n) is 11.1. The van der Waals surface area contributed by atoms with Gasteiger partial charge in [-0.05, 0) is 62.5 Å². The fourth-order valence-corrected chi connectivity index (χ4v) is 6.98. The second-order valence-corrected chi connectivity index (χ2v) is 9.95. The predicted molar refractivity (Wildman–Crippen MR) is 112 cm³/mol. The molecule has 5 heteroatoms. The summed E-state index contributed by atoms with van der Waals surface area (Å²) in [6.45, 7) is 7.15. The van der Waals surface area contributed by atoms with Crippen LogP contribution in [-0.4, -0.2) is 34.9 Å². The maximum Gasteiger partial charge on any atom is 0.303 e. The van der Waals surface area contributed by atoms with E-state index in [1.165, 1.54) is 18.1 Å². The number of carbonyl (C=O) groups is 3. The van der Waals surface area contributed by atoms with Crippen molar-refractivity contribution in [2.45, 2.75) is 65.4 Å². The lowest BCUT2D eigenvalue weighted by atomic mass is 9.51. The average molecular weight is 413 g/mol. The topological polar surface area (TPSA) is 80.7 Å². The van der Waals surface area contributed by atoms with E-state index in [1.54, 1.807) is 12.2 Å². The number of Topliss-reactive ketones (excluding diaryl/α,β-unsaturated/α-hetero) is 1. The number of fused-ring (bicyclic) bond motifs is 5. The predicted octanol–water partition coefficient (Wildman–Crippen LogP) is 3.71. The summed E-state index contributed by atoms with van der Waals surface area (Å²) in [4.78, 5) is 36.4. The van der Waals surface area contributed by atoms with E-state index in [-0.39, 0.29) is 41.3 Å².